The van der Waals surface area contributed by atoms with Crippen LogP contribution in [0.15, 0.2) is 24.3 Å². The van der Waals surface area contributed by atoms with Crippen molar-refractivity contribution in [1.82, 2.24) is 4.90 Å². The number of likely N-dealkylation sites (tertiary alicyclic amines) is 1. The molecule has 2 atom stereocenters. The van der Waals surface area contributed by atoms with Crippen molar-refractivity contribution < 1.29 is 28.4 Å². The maximum absolute atomic E-state index is 13.0. The minimum atomic E-state index is -2.00. The fourth-order valence-corrected chi connectivity index (χ4v) is 5.65. The number of esters is 1. The molecule has 1 heterocycles. The molecule has 34 heavy (non-hydrogen) atoms. The first kappa shape index (κ1) is 28.1. The Balaban J connectivity index is 2.00. The quantitative estimate of drug-likeness (QED) is 0.142. The molecule has 0 bridgehead atoms. The molecule has 9 nitrogen and oxygen atoms in total. The number of carbonyl (C=O) groups excluding carboxylic acids is 2. The molecule has 2 unspecified atom stereocenters. The summed E-state index contributed by atoms with van der Waals surface area (Å²) in [5.41, 5.74) is 0.672. The molecule has 1 fully saturated rings. The van der Waals surface area contributed by atoms with E-state index < -0.39 is 19.3 Å². The van der Waals surface area contributed by atoms with Crippen molar-refractivity contribution in [2.75, 3.05) is 24.7 Å². The Hall–Kier alpha value is -2.11. The predicted octanol–water partition coefficient (Wildman–Crippen LogP) is 4.99. The Labute approximate surface area is 206 Å². The van der Waals surface area contributed by atoms with Crippen LogP contribution in [-0.2, 0) is 25.3 Å². The molecular weight excluding hydrogens is 476 g/mol. The lowest BCUT2D eigenvalue weighted by molar-refractivity contribution is -0.384. The van der Waals surface area contributed by atoms with E-state index in [1.54, 1.807) is 28.8 Å². The molecule has 1 aromatic rings. The molecule has 0 N–H and O–H groups in total. The summed E-state index contributed by atoms with van der Waals surface area (Å²) in [5, 5.41) is 10.9. The third-order valence-corrected chi connectivity index (χ3v) is 11.8. The highest BCUT2D eigenvalue weighted by Crippen LogP contribution is 2.39. The van der Waals surface area contributed by atoms with Crippen LogP contribution in [0.3, 0.4) is 0 Å². The standard InChI is InChI=1S/C23H36N2O7SSi/c1-17(26)30-11-12-33-16-20-13-21(32-34(5,6)23(2,3)4)14-24(20)22(27)31-15-18-7-9-19(10-8-18)25(28)29/h7-10,20-21H,11-16H2,1-6H3. The number of rotatable bonds is 10. The van der Waals surface area contributed by atoms with E-state index in [-0.39, 0.29) is 35.4 Å². The third kappa shape index (κ3) is 8.28. The molecule has 11 heteroatoms. The van der Waals surface area contributed by atoms with Crippen LogP contribution in [-0.4, -0.2) is 67.0 Å². The summed E-state index contributed by atoms with van der Waals surface area (Å²) >= 11 is 1.62. The lowest BCUT2D eigenvalue weighted by Gasteiger charge is -2.38. The number of nitrogens with zero attached hydrogens (tertiary/aromatic N) is 2. The Morgan fingerprint density at radius 1 is 1.21 bits per heavy atom. The lowest BCUT2D eigenvalue weighted by atomic mass is 10.2. The Kier molecular flexibility index (Phi) is 9.95. The molecule has 0 aliphatic carbocycles. The molecule has 1 aliphatic heterocycles. The van der Waals surface area contributed by atoms with Gasteiger partial charge in [-0.2, -0.15) is 11.8 Å². The second-order valence-corrected chi connectivity index (χ2v) is 15.8. The highest BCUT2D eigenvalue weighted by molar-refractivity contribution is 7.99. The van der Waals surface area contributed by atoms with E-state index in [0.717, 1.165) is 6.42 Å². The Morgan fingerprint density at radius 2 is 1.85 bits per heavy atom. The first-order valence-corrected chi connectivity index (χ1v) is 15.4. The van der Waals surface area contributed by atoms with Gasteiger partial charge in [0.15, 0.2) is 8.32 Å². The lowest BCUT2D eigenvalue weighted by Crippen LogP contribution is -2.44. The number of amides is 1. The summed E-state index contributed by atoms with van der Waals surface area (Å²) < 4.78 is 17.1. The van der Waals surface area contributed by atoms with Gasteiger partial charge in [-0.1, -0.05) is 20.8 Å². The van der Waals surface area contributed by atoms with Crippen LogP contribution >= 0.6 is 11.8 Å². The average Bonchev–Trinajstić information content (AvgIpc) is 3.12. The minimum Gasteiger partial charge on any atom is -0.465 e. The van der Waals surface area contributed by atoms with Gasteiger partial charge in [0.2, 0.25) is 0 Å². The number of hydrogen-bond donors (Lipinski definition) is 0. The van der Waals surface area contributed by atoms with Crippen molar-refractivity contribution in [3.8, 4) is 0 Å². The van der Waals surface area contributed by atoms with Gasteiger partial charge in [-0.05, 0) is 42.2 Å². The van der Waals surface area contributed by atoms with Crippen LogP contribution < -0.4 is 0 Å². The SMILES string of the molecule is CC(=O)OCCSCC1CC(O[Si](C)(C)C(C)(C)C)CN1C(=O)OCc1ccc([N+](=O)[O-])cc1. The molecule has 0 radical (unpaired) electrons. The smallest absolute Gasteiger partial charge is 0.410 e. The van der Waals surface area contributed by atoms with Crippen LogP contribution in [0.2, 0.25) is 18.1 Å². The molecule has 1 saturated heterocycles. The van der Waals surface area contributed by atoms with Gasteiger partial charge in [0.1, 0.15) is 13.2 Å². The highest BCUT2D eigenvalue weighted by atomic mass is 32.2. The van der Waals surface area contributed by atoms with Gasteiger partial charge in [-0.15, -0.1) is 0 Å². The van der Waals surface area contributed by atoms with E-state index in [9.17, 15) is 19.7 Å². The van der Waals surface area contributed by atoms with Gasteiger partial charge < -0.3 is 18.8 Å². The first-order valence-electron chi connectivity index (χ1n) is 11.4. The first-order chi connectivity index (χ1) is 15.8. The zero-order chi connectivity index (χ0) is 25.5. The summed E-state index contributed by atoms with van der Waals surface area (Å²) in [4.78, 5) is 36.0. The van der Waals surface area contributed by atoms with Gasteiger partial charge in [0.25, 0.3) is 5.69 Å². The molecule has 1 amide bonds. The van der Waals surface area contributed by atoms with Gasteiger partial charge >= 0.3 is 12.1 Å². The van der Waals surface area contributed by atoms with Crippen molar-refractivity contribution in [1.29, 1.82) is 0 Å². The summed E-state index contributed by atoms with van der Waals surface area (Å²) in [7, 11) is -2.00. The minimum absolute atomic E-state index is 0.00826. The highest BCUT2D eigenvalue weighted by Gasteiger charge is 2.43. The molecule has 0 aromatic heterocycles. The van der Waals surface area contributed by atoms with Crippen LogP contribution in [0, 0.1) is 10.1 Å². The van der Waals surface area contributed by atoms with Crippen molar-refractivity contribution in [3.63, 3.8) is 0 Å². The van der Waals surface area contributed by atoms with Crippen molar-refractivity contribution in [2.24, 2.45) is 0 Å². The summed E-state index contributed by atoms with van der Waals surface area (Å²) in [5.74, 6) is 1.03. The average molecular weight is 513 g/mol. The second kappa shape index (κ2) is 12.0. The number of carbonyl (C=O) groups is 2. The summed E-state index contributed by atoms with van der Waals surface area (Å²) in [6.07, 6.45) is 0.233. The van der Waals surface area contributed by atoms with Crippen molar-refractivity contribution in [2.45, 2.75) is 71.0 Å². The zero-order valence-corrected chi connectivity index (χ0v) is 22.7. The monoisotopic (exact) mass is 512 g/mol. The largest absolute Gasteiger partial charge is 0.465 e. The third-order valence-electron chi connectivity index (χ3n) is 6.23. The van der Waals surface area contributed by atoms with Gasteiger partial charge in [-0.25, -0.2) is 4.79 Å². The normalized spacial score (nSPS) is 18.6. The molecule has 1 aliphatic rings. The molecule has 0 saturated carbocycles. The number of ether oxygens (including phenoxy) is 2. The van der Waals surface area contributed by atoms with Crippen LogP contribution in [0.4, 0.5) is 10.5 Å². The maximum Gasteiger partial charge on any atom is 0.410 e. The Bertz CT molecular complexity index is 858. The van der Waals surface area contributed by atoms with Crippen LogP contribution in [0.1, 0.15) is 39.7 Å². The second-order valence-electron chi connectivity index (χ2n) is 9.94. The molecule has 1 aromatic carbocycles. The molecular formula is C23H36N2O7SSi. The van der Waals surface area contributed by atoms with Crippen molar-refractivity contribution in [3.05, 3.63) is 39.9 Å². The predicted molar refractivity (Wildman–Crippen MR) is 134 cm³/mol. The maximum atomic E-state index is 13.0. The number of hydrogen-bond acceptors (Lipinski definition) is 8. The van der Waals surface area contributed by atoms with Crippen LogP contribution in [0.25, 0.3) is 0 Å². The summed E-state index contributed by atoms with van der Waals surface area (Å²) in [6.45, 7) is 13.2. The molecule has 0 spiro atoms. The van der Waals surface area contributed by atoms with Crippen molar-refractivity contribution >= 4 is 37.8 Å². The number of non-ortho nitro benzene ring substituents is 1. The van der Waals surface area contributed by atoms with Gasteiger partial charge in [0, 0.05) is 43.1 Å². The van der Waals surface area contributed by atoms with E-state index in [2.05, 4.69) is 33.9 Å². The van der Waals surface area contributed by atoms with E-state index in [4.69, 9.17) is 13.9 Å². The fourth-order valence-electron chi connectivity index (χ4n) is 3.34. The molecule has 2 rings (SSSR count). The number of nitro benzene ring substituents is 1. The van der Waals surface area contributed by atoms with E-state index in [1.165, 1.54) is 19.1 Å². The zero-order valence-electron chi connectivity index (χ0n) is 20.9. The van der Waals surface area contributed by atoms with E-state index >= 15 is 0 Å². The van der Waals surface area contributed by atoms with E-state index in [1.807, 2.05) is 0 Å². The molecule has 190 valence electrons. The topological polar surface area (TPSA) is 108 Å². The van der Waals surface area contributed by atoms with Crippen LogP contribution in [0.5, 0.6) is 0 Å². The number of nitro groups is 1. The number of benzene rings is 1. The Morgan fingerprint density at radius 3 is 2.41 bits per heavy atom. The van der Waals surface area contributed by atoms with E-state index in [0.29, 0.717) is 30.2 Å². The fraction of sp³-hybridized carbons (Fsp3) is 0.652. The number of thioether (sulfide) groups is 1. The van der Waals surface area contributed by atoms with Gasteiger partial charge in [0.05, 0.1) is 11.0 Å². The summed E-state index contributed by atoms with van der Waals surface area (Å²) in [6, 6.07) is 5.90. The van der Waals surface area contributed by atoms with Gasteiger partial charge in [-0.3, -0.25) is 14.9 Å².